The minimum absolute atomic E-state index is 0.490. The molecule has 0 aliphatic carbocycles. The second kappa shape index (κ2) is 6.73. The van der Waals surface area contributed by atoms with Gasteiger partial charge in [0.25, 0.3) is 0 Å². The van der Waals surface area contributed by atoms with E-state index in [0.29, 0.717) is 37.9 Å². The molecule has 3 rings (SSSR count). The molecule has 0 radical (unpaired) electrons. The molecule has 0 atom stereocenters. The number of aromatic nitrogens is 3. The van der Waals surface area contributed by atoms with Crippen molar-refractivity contribution in [2.75, 3.05) is 32.4 Å². The third kappa shape index (κ3) is 4.12. The number of hydrogen-bond acceptors (Lipinski definition) is 7. The first-order valence-corrected chi connectivity index (χ1v) is 9.28. The minimum atomic E-state index is -3.13. The molecule has 8 nitrogen and oxygen atoms in total. The molecular weight excluding hydrogens is 318 g/mol. The van der Waals surface area contributed by atoms with E-state index < -0.39 is 10.0 Å². The van der Waals surface area contributed by atoms with Crippen molar-refractivity contribution in [1.29, 1.82) is 0 Å². The van der Waals surface area contributed by atoms with Crippen molar-refractivity contribution < 1.29 is 12.9 Å². The predicted octanol–water partition coefficient (Wildman–Crippen LogP) is 0.599. The van der Waals surface area contributed by atoms with Gasteiger partial charge in [-0.25, -0.2) is 12.7 Å². The van der Waals surface area contributed by atoms with Gasteiger partial charge in [-0.2, -0.15) is 4.98 Å². The van der Waals surface area contributed by atoms with Crippen LogP contribution in [0.2, 0.25) is 0 Å². The predicted molar refractivity (Wildman–Crippen MR) is 83.8 cm³/mol. The molecule has 124 valence electrons. The summed E-state index contributed by atoms with van der Waals surface area (Å²) >= 11 is 0. The van der Waals surface area contributed by atoms with Crippen LogP contribution in [0.4, 0.5) is 0 Å². The topological polar surface area (TPSA) is 92.4 Å². The first kappa shape index (κ1) is 16.0. The van der Waals surface area contributed by atoms with Crippen LogP contribution < -0.4 is 0 Å². The number of nitrogens with zero attached hydrogens (tertiary/aromatic N) is 5. The highest BCUT2D eigenvalue weighted by atomic mass is 32.2. The third-order valence-electron chi connectivity index (χ3n) is 3.78. The standard InChI is InChI=1S/C14H19N5O3S/c1-23(20,21)19-8-2-7-18(9-10-19)11-13-16-14(17-22-13)12-3-5-15-6-4-12/h3-6H,2,7-11H2,1H3. The molecule has 0 aromatic carbocycles. The Bertz CT molecular complexity index is 747. The van der Waals surface area contributed by atoms with Crippen molar-refractivity contribution in [2.45, 2.75) is 13.0 Å². The maximum Gasteiger partial charge on any atom is 0.241 e. The van der Waals surface area contributed by atoms with Crippen molar-refractivity contribution in [3.05, 3.63) is 30.4 Å². The Morgan fingerprint density at radius 3 is 2.70 bits per heavy atom. The fourth-order valence-corrected chi connectivity index (χ4v) is 3.44. The van der Waals surface area contributed by atoms with Gasteiger partial charge >= 0.3 is 0 Å². The molecule has 23 heavy (non-hydrogen) atoms. The Kier molecular flexibility index (Phi) is 4.69. The van der Waals surface area contributed by atoms with Crippen molar-refractivity contribution in [3.8, 4) is 11.4 Å². The second-order valence-corrected chi connectivity index (χ2v) is 7.52. The van der Waals surface area contributed by atoms with Crippen molar-refractivity contribution >= 4 is 10.0 Å². The highest BCUT2D eigenvalue weighted by molar-refractivity contribution is 7.88. The number of rotatable bonds is 4. The average molecular weight is 337 g/mol. The van der Waals surface area contributed by atoms with Crippen LogP contribution in [0.25, 0.3) is 11.4 Å². The second-order valence-electron chi connectivity index (χ2n) is 5.54. The summed E-state index contributed by atoms with van der Waals surface area (Å²) in [7, 11) is -3.13. The zero-order valence-electron chi connectivity index (χ0n) is 12.9. The first-order chi connectivity index (χ1) is 11.0. The van der Waals surface area contributed by atoms with Crippen LogP contribution >= 0.6 is 0 Å². The number of pyridine rings is 1. The van der Waals surface area contributed by atoms with Gasteiger partial charge in [0.1, 0.15) is 0 Å². The SMILES string of the molecule is CS(=O)(=O)N1CCCN(Cc2nc(-c3ccncc3)no2)CC1. The Balaban J connectivity index is 1.63. The van der Waals surface area contributed by atoms with Gasteiger partial charge in [-0.05, 0) is 25.1 Å². The summed E-state index contributed by atoms with van der Waals surface area (Å²) in [5.74, 6) is 1.07. The summed E-state index contributed by atoms with van der Waals surface area (Å²) in [6.45, 7) is 3.03. The lowest BCUT2D eigenvalue weighted by atomic mass is 10.2. The summed E-state index contributed by atoms with van der Waals surface area (Å²) in [5, 5.41) is 3.98. The highest BCUT2D eigenvalue weighted by Crippen LogP contribution is 2.16. The Morgan fingerprint density at radius 1 is 1.17 bits per heavy atom. The summed E-state index contributed by atoms with van der Waals surface area (Å²) in [6.07, 6.45) is 5.40. The van der Waals surface area contributed by atoms with E-state index in [4.69, 9.17) is 4.52 Å². The summed E-state index contributed by atoms with van der Waals surface area (Å²) in [4.78, 5) is 10.5. The molecule has 0 amide bonds. The minimum Gasteiger partial charge on any atom is -0.338 e. The van der Waals surface area contributed by atoms with Crippen LogP contribution in [0.3, 0.4) is 0 Å². The van der Waals surface area contributed by atoms with Gasteiger partial charge in [0.05, 0.1) is 12.8 Å². The van der Waals surface area contributed by atoms with E-state index in [9.17, 15) is 8.42 Å². The van der Waals surface area contributed by atoms with Gasteiger partial charge in [0.2, 0.25) is 21.7 Å². The maximum atomic E-state index is 11.6. The lowest BCUT2D eigenvalue weighted by molar-refractivity contribution is 0.236. The smallest absolute Gasteiger partial charge is 0.241 e. The fourth-order valence-electron chi connectivity index (χ4n) is 2.57. The van der Waals surface area contributed by atoms with E-state index in [1.807, 2.05) is 12.1 Å². The van der Waals surface area contributed by atoms with Crippen molar-refractivity contribution in [1.82, 2.24) is 24.3 Å². The van der Waals surface area contributed by atoms with Crippen LogP contribution in [-0.2, 0) is 16.6 Å². The summed E-state index contributed by atoms with van der Waals surface area (Å²) < 4.78 is 30.1. The molecule has 1 saturated heterocycles. The largest absolute Gasteiger partial charge is 0.338 e. The van der Waals surface area contributed by atoms with Crippen LogP contribution in [-0.4, -0.2) is 65.2 Å². The van der Waals surface area contributed by atoms with E-state index in [1.54, 1.807) is 12.4 Å². The van der Waals surface area contributed by atoms with Gasteiger partial charge in [-0.1, -0.05) is 5.16 Å². The van der Waals surface area contributed by atoms with E-state index in [2.05, 4.69) is 20.0 Å². The molecule has 0 N–H and O–H groups in total. The zero-order valence-corrected chi connectivity index (χ0v) is 13.7. The molecule has 0 bridgehead atoms. The average Bonchev–Trinajstić information content (AvgIpc) is 2.85. The van der Waals surface area contributed by atoms with Crippen molar-refractivity contribution in [3.63, 3.8) is 0 Å². The molecule has 0 unspecified atom stereocenters. The highest BCUT2D eigenvalue weighted by Gasteiger charge is 2.22. The Labute approximate surface area is 135 Å². The van der Waals surface area contributed by atoms with Gasteiger partial charge < -0.3 is 4.52 Å². The van der Waals surface area contributed by atoms with Crippen LogP contribution in [0.15, 0.2) is 29.0 Å². The zero-order chi connectivity index (χ0) is 16.3. The number of sulfonamides is 1. The molecule has 1 aliphatic heterocycles. The molecule has 2 aromatic rings. The first-order valence-electron chi connectivity index (χ1n) is 7.43. The molecular formula is C14H19N5O3S. The molecule has 1 fully saturated rings. The molecule has 2 aromatic heterocycles. The number of hydrogen-bond donors (Lipinski definition) is 0. The van der Waals surface area contributed by atoms with E-state index >= 15 is 0 Å². The summed E-state index contributed by atoms with van der Waals surface area (Å²) in [6, 6.07) is 3.65. The van der Waals surface area contributed by atoms with Gasteiger partial charge in [0.15, 0.2) is 0 Å². The third-order valence-corrected chi connectivity index (χ3v) is 5.09. The fraction of sp³-hybridized carbons (Fsp3) is 0.500. The molecule has 3 heterocycles. The van der Waals surface area contributed by atoms with Gasteiger partial charge in [-0.3, -0.25) is 9.88 Å². The lowest BCUT2D eigenvalue weighted by Gasteiger charge is -2.18. The summed E-state index contributed by atoms with van der Waals surface area (Å²) in [5.41, 5.74) is 0.856. The van der Waals surface area contributed by atoms with E-state index in [-0.39, 0.29) is 0 Å². The monoisotopic (exact) mass is 337 g/mol. The van der Waals surface area contributed by atoms with E-state index in [0.717, 1.165) is 18.5 Å². The van der Waals surface area contributed by atoms with E-state index in [1.165, 1.54) is 10.6 Å². The quantitative estimate of drug-likeness (QED) is 0.806. The van der Waals surface area contributed by atoms with Gasteiger partial charge in [0, 0.05) is 37.6 Å². The molecule has 0 spiro atoms. The normalized spacial score (nSPS) is 18.0. The van der Waals surface area contributed by atoms with Crippen LogP contribution in [0.5, 0.6) is 0 Å². The van der Waals surface area contributed by atoms with Crippen LogP contribution in [0.1, 0.15) is 12.3 Å². The Morgan fingerprint density at radius 2 is 1.96 bits per heavy atom. The van der Waals surface area contributed by atoms with Crippen molar-refractivity contribution in [2.24, 2.45) is 0 Å². The molecule has 9 heteroatoms. The van der Waals surface area contributed by atoms with Crippen LogP contribution in [0, 0.1) is 0 Å². The lowest BCUT2D eigenvalue weighted by Crippen LogP contribution is -2.34. The molecule has 0 saturated carbocycles. The molecule has 1 aliphatic rings. The maximum absolute atomic E-state index is 11.6. The van der Waals surface area contributed by atoms with Gasteiger partial charge in [-0.15, -0.1) is 0 Å². The Hall–Kier alpha value is -1.84.